The Morgan fingerprint density at radius 1 is 0.917 bits per heavy atom. The molecule has 1 aromatic carbocycles. The quantitative estimate of drug-likeness (QED) is 0.489. The summed E-state index contributed by atoms with van der Waals surface area (Å²) in [6.45, 7) is 4.47. The lowest BCUT2D eigenvalue weighted by Gasteiger charge is -2.12. The largest absolute Gasteiger partial charge is 0.497 e. The Kier molecular flexibility index (Phi) is 7.81. The highest BCUT2D eigenvalue weighted by Crippen LogP contribution is 2.24. The molecule has 2 aromatic rings. The van der Waals surface area contributed by atoms with E-state index in [-0.39, 0.29) is 0 Å². The summed E-state index contributed by atoms with van der Waals surface area (Å²) in [5, 5.41) is 0. The lowest BCUT2D eigenvalue weighted by atomic mass is 9.96. The topological polar surface area (TPSA) is 22.1 Å². The molecule has 1 atom stereocenters. The van der Waals surface area contributed by atoms with Crippen molar-refractivity contribution in [1.82, 2.24) is 4.98 Å². The number of aryl methyl sites for hydroxylation is 1. The first-order chi connectivity index (χ1) is 11.7. The van der Waals surface area contributed by atoms with E-state index in [1.165, 1.54) is 49.7 Å². The molecule has 2 heteroatoms. The molecule has 0 amide bonds. The number of benzene rings is 1. The lowest BCUT2D eigenvalue weighted by Crippen LogP contribution is -2.00. The maximum atomic E-state index is 5.22. The van der Waals surface area contributed by atoms with Crippen LogP contribution >= 0.6 is 0 Å². The maximum Gasteiger partial charge on any atom is 0.118 e. The molecule has 24 heavy (non-hydrogen) atoms. The number of hydrogen-bond acceptors (Lipinski definition) is 2. The molecule has 1 aromatic heterocycles. The number of aromatic nitrogens is 1. The van der Waals surface area contributed by atoms with Crippen molar-refractivity contribution in [1.29, 1.82) is 0 Å². The van der Waals surface area contributed by atoms with Crippen LogP contribution in [0.4, 0.5) is 0 Å². The molecule has 1 unspecified atom stereocenters. The van der Waals surface area contributed by atoms with E-state index in [1.807, 2.05) is 12.1 Å². The summed E-state index contributed by atoms with van der Waals surface area (Å²) in [6.07, 6.45) is 11.3. The van der Waals surface area contributed by atoms with Crippen LogP contribution in [0.15, 0.2) is 42.6 Å². The number of hydrogen-bond donors (Lipinski definition) is 0. The summed E-state index contributed by atoms with van der Waals surface area (Å²) in [4.78, 5) is 4.69. The SMILES string of the molecule is CCCCCCCCc1ccc(C(C)c2ccc(OC)cc2)nc1. The minimum Gasteiger partial charge on any atom is -0.497 e. The van der Waals surface area contributed by atoms with Gasteiger partial charge in [0.2, 0.25) is 0 Å². The molecule has 0 radical (unpaired) electrons. The second-order valence-corrected chi connectivity index (χ2v) is 6.60. The molecule has 0 aliphatic heterocycles. The Balaban J connectivity index is 1.84. The fraction of sp³-hybridized carbons (Fsp3) is 0.500. The number of rotatable bonds is 10. The van der Waals surface area contributed by atoms with Gasteiger partial charge in [-0.3, -0.25) is 4.98 Å². The van der Waals surface area contributed by atoms with Crippen molar-refractivity contribution in [3.05, 3.63) is 59.4 Å². The van der Waals surface area contributed by atoms with E-state index >= 15 is 0 Å². The molecule has 1 heterocycles. The predicted octanol–water partition coefficient (Wildman–Crippen LogP) is 6.15. The highest BCUT2D eigenvalue weighted by atomic mass is 16.5. The highest BCUT2D eigenvalue weighted by Gasteiger charge is 2.10. The van der Waals surface area contributed by atoms with Gasteiger partial charge in [-0.15, -0.1) is 0 Å². The summed E-state index contributed by atoms with van der Waals surface area (Å²) in [6, 6.07) is 12.7. The Morgan fingerprint density at radius 2 is 1.62 bits per heavy atom. The van der Waals surface area contributed by atoms with Crippen molar-refractivity contribution in [3.63, 3.8) is 0 Å². The minimum absolute atomic E-state index is 0.305. The molecular weight excluding hydrogens is 294 g/mol. The van der Waals surface area contributed by atoms with Gasteiger partial charge in [0.25, 0.3) is 0 Å². The summed E-state index contributed by atoms with van der Waals surface area (Å²) >= 11 is 0. The van der Waals surface area contributed by atoms with Gasteiger partial charge in [0.05, 0.1) is 7.11 Å². The van der Waals surface area contributed by atoms with E-state index in [2.05, 4.69) is 44.3 Å². The first-order valence-electron chi connectivity index (χ1n) is 9.33. The third-order valence-corrected chi connectivity index (χ3v) is 4.73. The van der Waals surface area contributed by atoms with Gasteiger partial charge in [-0.05, 0) is 42.2 Å². The molecule has 130 valence electrons. The van der Waals surface area contributed by atoms with Crippen molar-refractivity contribution in [2.45, 2.75) is 64.7 Å². The van der Waals surface area contributed by atoms with Crippen molar-refractivity contribution < 1.29 is 4.74 Å². The van der Waals surface area contributed by atoms with Crippen LogP contribution in [0.5, 0.6) is 5.75 Å². The van der Waals surface area contributed by atoms with Crippen molar-refractivity contribution in [2.75, 3.05) is 7.11 Å². The summed E-state index contributed by atoms with van der Waals surface area (Å²) in [5.41, 5.74) is 3.76. The third kappa shape index (κ3) is 5.67. The van der Waals surface area contributed by atoms with Crippen LogP contribution in [-0.4, -0.2) is 12.1 Å². The molecule has 2 rings (SSSR count). The van der Waals surface area contributed by atoms with E-state index < -0.39 is 0 Å². The average Bonchev–Trinajstić information content (AvgIpc) is 2.64. The number of methoxy groups -OCH3 is 1. The zero-order chi connectivity index (χ0) is 17.2. The van der Waals surface area contributed by atoms with E-state index in [0.29, 0.717) is 5.92 Å². The van der Waals surface area contributed by atoms with Gasteiger partial charge in [-0.1, -0.05) is 64.2 Å². The second kappa shape index (κ2) is 10.1. The molecule has 0 spiro atoms. The van der Waals surface area contributed by atoms with Gasteiger partial charge in [-0.2, -0.15) is 0 Å². The first-order valence-corrected chi connectivity index (χ1v) is 9.33. The van der Waals surface area contributed by atoms with E-state index in [1.54, 1.807) is 7.11 Å². The average molecular weight is 325 g/mol. The van der Waals surface area contributed by atoms with Gasteiger partial charge >= 0.3 is 0 Å². The van der Waals surface area contributed by atoms with Crippen LogP contribution in [0.25, 0.3) is 0 Å². The van der Waals surface area contributed by atoms with E-state index in [4.69, 9.17) is 9.72 Å². The van der Waals surface area contributed by atoms with E-state index in [0.717, 1.165) is 17.9 Å². The third-order valence-electron chi connectivity index (χ3n) is 4.73. The predicted molar refractivity (Wildman–Crippen MR) is 102 cm³/mol. The monoisotopic (exact) mass is 325 g/mol. The molecule has 0 aliphatic carbocycles. The van der Waals surface area contributed by atoms with Crippen LogP contribution in [0.3, 0.4) is 0 Å². The second-order valence-electron chi connectivity index (χ2n) is 6.60. The molecule has 0 bridgehead atoms. The van der Waals surface area contributed by atoms with Crippen LogP contribution in [0, 0.1) is 0 Å². The number of unbranched alkanes of at least 4 members (excludes halogenated alkanes) is 5. The van der Waals surface area contributed by atoms with Crippen LogP contribution < -0.4 is 4.74 Å². The van der Waals surface area contributed by atoms with Crippen LogP contribution in [-0.2, 0) is 6.42 Å². The Bertz CT molecular complexity index is 574. The van der Waals surface area contributed by atoms with Crippen molar-refractivity contribution >= 4 is 0 Å². The van der Waals surface area contributed by atoms with Gasteiger partial charge in [0, 0.05) is 17.8 Å². The highest BCUT2D eigenvalue weighted by molar-refractivity contribution is 5.33. The summed E-state index contributed by atoms with van der Waals surface area (Å²) in [7, 11) is 1.70. The normalized spacial score (nSPS) is 12.1. The van der Waals surface area contributed by atoms with Gasteiger partial charge in [0.1, 0.15) is 5.75 Å². The van der Waals surface area contributed by atoms with Crippen molar-refractivity contribution in [2.24, 2.45) is 0 Å². The molecule has 0 aliphatic rings. The van der Waals surface area contributed by atoms with E-state index in [9.17, 15) is 0 Å². The smallest absolute Gasteiger partial charge is 0.118 e. The number of pyridine rings is 1. The molecule has 2 nitrogen and oxygen atoms in total. The zero-order valence-corrected chi connectivity index (χ0v) is 15.4. The molecule has 0 saturated carbocycles. The zero-order valence-electron chi connectivity index (χ0n) is 15.4. The number of ether oxygens (including phenoxy) is 1. The van der Waals surface area contributed by atoms with Gasteiger partial charge in [-0.25, -0.2) is 0 Å². The lowest BCUT2D eigenvalue weighted by molar-refractivity contribution is 0.414. The molecule has 0 fully saturated rings. The van der Waals surface area contributed by atoms with Gasteiger partial charge < -0.3 is 4.74 Å². The van der Waals surface area contributed by atoms with Crippen LogP contribution in [0.2, 0.25) is 0 Å². The minimum atomic E-state index is 0.305. The fourth-order valence-electron chi connectivity index (χ4n) is 3.01. The molecule has 0 saturated heterocycles. The Hall–Kier alpha value is -1.83. The first kappa shape index (κ1) is 18.5. The Labute approximate surface area is 147 Å². The van der Waals surface area contributed by atoms with Crippen LogP contribution in [0.1, 0.15) is 75.1 Å². The number of nitrogens with zero attached hydrogens (tertiary/aromatic N) is 1. The standard InChI is InChI=1S/C22H31NO/c1-4-5-6-7-8-9-10-19-11-16-22(23-17-19)18(2)20-12-14-21(24-3)15-13-20/h11-18H,4-10H2,1-3H3. The Morgan fingerprint density at radius 3 is 2.25 bits per heavy atom. The molecule has 0 N–H and O–H groups in total. The van der Waals surface area contributed by atoms with Crippen molar-refractivity contribution in [3.8, 4) is 5.75 Å². The van der Waals surface area contributed by atoms with Gasteiger partial charge in [0.15, 0.2) is 0 Å². The summed E-state index contributed by atoms with van der Waals surface area (Å²) in [5.74, 6) is 1.20. The maximum absolute atomic E-state index is 5.22. The molecular formula is C22H31NO. The fourth-order valence-corrected chi connectivity index (χ4v) is 3.01. The summed E-state index contributed by atoms with van der Waals surface area (Å²) < 4.78 is 5.22.